The smallest absolute Gasteiger partial charge is 0.149 e. The molecule has 96 valence electrons. The summed E-state index contributed by atoms with van der Waals surface area (Å²) in [5.74, 6) is 0.605. The van der Waals surface area contributed by atoms with E-state index >= 15 is 0 Å². The van der Waals surface area contributed by atoms with E-state index in [0.29, 0.717) is 18.2 Å². The molecule has 0 aliphatic heterocycles. The molecule has 0 unspecified atom stereocenters. The van der Waals surface area contributed by atoms with Gasteiger partial charge < -0.3 is 4.74 Å². The van der Waals surface area contributed by atoms with Crippen LogP contribution in [0.1, 0.15) is 32.4 Å². The van der Waals surface area contributed by atoms with E-state index in [4.69, 9.17) is 4.74 Å². The molecule has 1 aromatic rings. The molecule has 1 aromatic heterocycles. The highest BCUT2D eigenvalue weighted by molar-refractivity contribution is 5.39. The Kier molecular flexibility index (Phi) is 5.83. The van der Waals surface area contributed by atoms with Gasteiger partial charge in [0.05, 0.1) is 11.9 Å². The second-order valence-electron chi connectivity index (χ2n) is 4.59. The fourth-order valence-corrected chi connectivity index (χ4v) is 1.62. The molecular formula is C12H21N3O2. The van der Waals surface area contributed by atoms with Crippen LogP contribution < -0.4 is 0 Å². The van der Waals surface area contributed by atoms with E-state index in [0.717, 1.165) is 31.5 Å². The van der Waals surface area contributed by atoms with E-state index in [1.165, 1.54) is 0 Å². The Labute approximate surface area is 102 Å². The van der Waals surface area contributed by atoms with Crippen LogP contribution in [0.25, 0.3) is 0 Å². The maximum atomic E-state index is 10.7. The summed E-state index contributed by atoms with van der Waals surface area (Å²) < 4.78 is 6.76. The fourth-order valence-electron chi connectivity index (χ4n) is 1.62. The Balaban J connectivity index is 2.59. The predicted octanol–water partition coefficient (Wildman–Crippen LogP) is 2.91. The molecule has 0 aliphatic rings. The van der Waals surface area contributed by atoms with Crippen LogP contribution in [-0.2, 0) is 17.7 Å². The molecule has 0 saturated carbocycles. The highest BCUT2D eigenvalue weighted by Gasteiger charge is 2.10. The molecule has 0 aliphatic carbocycles. The van der Waals surface area contributed by atoms with Crippen molar-refractivity contribution in [2.24, 2.45) is 11.1 Å². The van der Waals surface area contributed by atoms with Crippen molar-refractivity contribution in [2.45, 2.75) is 39.7 Å². The van der Waals surface area contributed by atoms with Crippen LogP contribution in [0.15, 0.2) is 11.4 Å². The van der Waals surface area contributed by atoms with Gasteiger partial charge in [-0.3, -0.25) is 4.68 Å². The summed E-state index contributed by atoms with van der Waals surface area (Å²) in [5, 5.41) is 7.42. The highest BCUT2D eigenvalue weighted by atomic mass is 16.5. The van der Waals surface area contributed by atoms with Crippen molar-refractivity contribution in [1.82, 2.24) is 9.78 Å². The first-order valence-electron chi connectivity index (χ1n) is 6.06. The van der Waals surface area contributed by atoms with Crippen molar-refractivity contribution in [3.8, 4) is 0 Å². The SMILES string of the molecule is COCCCn1cc(N=O)c(CCC(C)C)n1. The summed E-state index contributed by atoms with van der Waals surface area (Å²) in [5.41, 5.74) is 1.29. The Hall–Kier alpha value is -1.23. The van der Waals surface area contributed by atoms with Crippen molar-refractivity contribution in [3.63, 3.8) is 0 Å². The zero-order valence-corrected chi connectivity index (χ0v) is 10.8. The Bertz CT molecular complexity index is 348. The van der Waals surface area contributed by atoms with E-state index in [1.54, 1.807) is 18.0 Å². The summed E-state index contributed by atoms with van der Waals surface area (Å²) in [6.07, 6.45) is 4.45. The van der Waals surface area contributed by atoms with Crippen LogP contribution in [0.4, 0.5) is 5.69 Å². The van der Waals surface area contributed by atoms with E-state index in [1.807, 2.05) is 0 Å². The molecule has 0 aromatic carbocycles. The zero-order chi connectivity index (χ0) is 12.7. The average molecular weight is 239 g/mol. The van der Waals surface area contributed by atoms with Gasteiger partial charge in [0.2, 0.25) is 0 Å². The first kappa shape index (κ1) is 13.8. The lowest BCUT2D eigenvalue weighted by atomic mass is 10.1. The van der Waals surface area contributed by atoms with Crippen molar-refractivity contribution < 1.29 is 4.74 Å². The molecule has 1 heterocycles. The molecule has 0 atom stereocenters. The van der Waals surface area contributed by atoms with E-state index in [-0.39, 0.29) is 0 Å². The van der Waals surface area contributed by atoms with Crippen LogP contribution in [-0.4, -0.2) is 23.5 Å². The van der Waals surface area contributed by atoms with Crippen molar-refractivity contribution in [1.29, 1.82) is 0 Å². The molecule has 5 nitrogen and oxygen atoms in total. The van der Waals surface area contributed by atoms with Gasteiger partial charge in [0, 0.05) is 20.3 Å². The summed E-state index contributed by atoms with van der Waals surface area (Å²) in [6, 6.07) is 0. The maximum absolute atomic E-state index is 10.7. The third-order valence-corrected chi connectivity index (χ3v) is 2.61. The van der Waals surface area contributed by atoms with Gasteiger partial charge in [-0.05, 0) is 30.4 Å². The van der Waals surface area contributed by atoms with Crippen LogP contribution in [0.3, 0.4) is 0 Å². The van der Waals surface area contributed by atoms with Crippen molar-refractivity contribution >= 4 is 5.69 Å². The Morgan fingerprint density at radius 3 is 2.88 bits per heavy atom. The second-order valence-corrected chi connectivity index (χ2v) is 4.59. The van der Waals surface area contributed by atoms with Crippen molar-refractivity contribution in [2.75, 3.05) is 13.7 Å². The summed E-state index contributed by atoms with van der Waals surface area (Å²) in [6.45, 7) is 5.77. The van der Waals surface area contributed by atoms with E-state index < -0.39 is 0 Å². The summed E-state index contributed by atoms with van der Waals surface area (Å²) in [7, 11) is 1.68. The third-order valence-electron chi connectivity index (χ3n) is 2.61. The number of nitroso groups, excluding NO2 is 1. The van der Waals surface area contributed by atoms with Crippen LogP contribution in [0, 0.1) is 10.8 Å². The lowest BCUT2D eigenvalue weighted by Gasteiger charge is -2.02. The molecule has 5 heteroatoms. The summed E-state index contributed by atoms with van der Waals surface area (Å²) in [4.78, 5) is 10.7. The van der Waals surface area contributed by atoms with Gasteiger partial charge in [0.1, 0.15) is 5.69 Å². The molecule has 1 rings (SSSR count). The number of ether oxygens (including phenoxy) is 1. The normalized spacial score (nSPS) is 11.1. The predicted molar refractivity (Wildman–Crippen MR) is 67.3 cm³/mol. The lowest BCUT2D eigenvalue weighted by molar-refractivity contribution is 0.189. The van der Waals surface area contributed by atoms with Gasteiger partial charge in [0.15, 0.2) is 0 Å². The molecule has 0 fully saturated rings. The zero-order valence-electron chi connectivity index (χ0n) is 10.8. The van der Waals surface area contributed by atoms with Crippen LogP contribution in [0.2, 0.25) is 0 Å². The van der Waals surface area contributed by atoms with Crippen LogP contribution >= 0.6 is 0 Å². The van der Waals surface area contributed by atoms with Gasteiger partial charge in [-0.2, -0.15) is 5.10 Å². The number of aromatic nitrogens is 2. The molecular weight excluding hydrogens is 218 g/mol. The first-order valence-corrected chi connectivity index (χ1v) is 6.06. The number of hydrogen-bond acceptors (Lipinski definition) is 4. The molecule has 0 N–H and O–H groups in total. The monoisotopic (exact) mass is 239 g/mol. The quantitative estimate of drug-likeness (QED) is 0.517. The van der Waals surface area contributed by atoms with Gasteiger partial charge in [-0.25, -0.2) is 0 Å². The highest BCUT2D eigenvalue weighted by Crippen LogP contribution is 2.20. The second kappa shape index (κ2) is 7.17. The maximum Gasteiger partial charge on any atom is 0.149 e. The number of nitrogens with zero attached hydrogens (tertiary/aromatic N) is 3. The Morgan fingerprint density at radius 2 is 2.29 bits per heavy atom. The molecule has 0 saturated heterocycles. The minimum Gasteiger partial charge on any atom is -0.385 e. The van der Waals surface area contributed by atoms with E-state index in [2.05, 4.69) is 24.1 Å². The third kappa shape index (κ3) is 4.65. The standard InChI is InChI=1S/C12H21N3O2/c1-10(2)5-6-11-12(14-16)9-15(13-11)7-4-8-17-3/h9-10H,4-8H2,1-3H3. The topological polar surface area (TPSA) is 56.5 Å². The minimum atomic E-state index is 0.475. The average Bonchev–Trinajstić information content (AvgIpc) is 2.69. The van der Waals surface area contributed by atoms with Crippen molar-refractivity contribution in [3.05, 3.63) is 16.8 Å². The van der Waals surface area contributed by atoms with Crippen LogP contribution in [0.5, 0.6) is 0 Å². The number of hydrogen-bond donors (Lipinski definition) is 0. The van der Waals surface area contributed by atoms with Gasteiger partial charge in [-0.1, -0.05) is 13.8 Å². The number of rotatable bonds is 8. The lowest BCUT2D eigenvalue weighted by Crippen LogP contribution is -2.03. The largest absolute Gasteiger partial charge is 0.385 e. The molecule has 17 heavy (non-hydrogen) atoms. The Morgan fingerprint density at radius 1 is 1.53 bits per heavy atom. The van der Waals surface area contributed by atoms with Gasteiger partial charge in [0.25, 0.3) is 0 Å². The van der Waals surface area contributed by atoms with E-state index in [9.17, 15) is 4.91 Å². The molecule has 0 radical (unpaired) electrons. The first-order chi connectivity index (χ1) is 8.17. The molecule has 0 amide bonds. The fraction of sp³-hybridized carbons (Fsp3) is 0.750. The molecule has 0 bridgehead atoms. The number of methoxy groups -OCH3 is 1. The molecule has 0 spiro atoms. The summed E-state index contributed by atoms with van der Waals surface area (Å²) >= 11 is 0. The number of aryl methyl sites for hydroxylation is 2. The van der Waals surface area contributed by atoms with Gasteiger partial charge >= 0.3 is 0 Å². The minimum absolute atomic E-state index is 0.475. The van der Waals surface area contributed by atoms with Gasteiger partial charge in [-0.15, -0.1) is 4.91 Å².